The Morgan fingerprint density at radius 2 is 1.90 bits per heavy atom. The van der Waals surface area contributed by atoms with Gasteiger partial charge in [-0.3, -0.25) is 4.79 Å². The van der Waals surface area contributed by atoms with Crippen molar-refractivity contribution in [3.05, 3.63) is 0 Å². The lowest BCUT2D eigenvalue weighted by Crippen LogP contribution is -2.52. The van der Waals surface area contributed by atoms with Gasteiger partial charge in [-0.15, -0.1) is 0 Å². The van der Waals surface area contributed by atoms with Gasteiger partial charge in [0.05, 0.1) is 11.5 Å². The van der Waals surface area contributed by atoms with Crippen LogP contribution in [0.4, 0.5) is 0 Å². The van der Waals surface area contributed by atoms with Crippen LogP contribution in [0.3, 0.4) is 0 Å². The maximum Gasteiger partial charge on any atom is 0.306 e. The van der Waals surface area contributed by atoms with E-state index < -0.39 is 22.1 Å². The summed E-state index contributed by atoms with van der Waals surface area (Å²) in [7, 11) is -3.55. The van der Waals surface area contributed by atoms with E-state index in [1.807, 2.05) is 13.8 Å². The molecule has 0 saturated carbocycles. The van der Waals surface area contributed by atoms with E-state index >= 15 is 0 Å². The second kappa shape index (κ2) is 6.20. The Kier molecular flexibility index (Phi) is 4.92. The minimum atomic E-state index is -3.55. The summed E-state index contributed by atoms with van der Waals surface area (Å²) in [4.78, 5) is 10.9. The van der Waals surface area contributed by atoms with E-state index in [2.05, 4.69) is 4.72 Å². The average Bonchev–Trinajstić information content (AvgIpc) is 2.37. The predicted octanol–water partition coefficient (Wildman–Crippen LogP) is 0.575. The number of hydrogen-bond acceptors (Lipinski definition) is 4. The van der Waals surface area contributed by atoms with Crippen LogP contribution in [-0.4, -0.2) is 55.1 Å². The molecule has 8 heteroatoms. The number of hydrogen-bond donors (Lipinski definition) is 2. The summed E-state index contributed by atoms with van der Waals surface area (Å²) in [6, 6.07) is -0.129. The molecule has 1 atom stereocenters. The van der Waals surface area contributed by atoms with Gasteiger partial charge in [-0.25, -0.2) is 0 Å². The molecule has 0 bridgehead atoms. The molecule has 7 nitrogen and oxygen atoms in total. The summed E-state index contributed by atoms with van der Waals surface area (Å²) in [6.07, 6.45) is 2.04. The SMILES string of the molecule is CC1(C)CC(NS(=O)(=O)N2CCC(C(=O)O)CC2)CCO1. The van der Waals surface area contributed by atoms with Gasteiger partial charge in [0, 0.05) is 25.7 Å². The van der Waals surface area contributed by atoms with Crippen LogP contribution in [0.2, 0.25) is 0 Å². The molecule has 0 aromatic carbocycles. The summed E-state index contributed by atoms with van der Waals surface area (Å²) in [6.45, 7) is 4.97. The molecule has 2 aliphatic heterocycles. The zero-order valence-corrected chi connectivity index (χ0v) is 13.4. The van der Waals surface area contributed by atoms with Crippen LogP contribution in [0, 0.1) is 5.92 Å². The van der Waals surface area contributed by atoms with Crippen molar-refractivity contribution in [1.82, 2.24) is 9.03 Å². The zero-order valence-electron chi connectivity index (χ0n) is 12.5. The maximum absolute atomic E-state index is 12.4. The lowest BCUT2D eigenvalue weighted by Gasteiger charge is -2.37. The van der Waals surface area contributed by atoms with Gasteiger partial charge >= 0.3 is 5.97 Å². The van der Waals surface area contributed by atoms with Gasteiger partial charge in [-0.1, -0.05) is 0 Å². The highest BCUT2D eigenvalue weighted by molar-refractivity contribution is 7.87. The van der Waals surface area contributed by atoms with Crippen molar-refractivity contribution in [3.8, 4) is 0 Å². The quantitative estimate of drug-likeness (QED) is 0.790. The number of aliphatic carboxylic acids is 1. The third kappa shape index (κ3) is 4.38. The molecular weight excluding hydrogens is 296 g/mol. The van der Waals surface area contributed by atoms with Crippen molar-refractivity contribution in [2.45, 2.75) is 51.2 Å². The summed E-state index contributed by atoms with van der Waals surface area (Å²) >= 11 is 0. The average molecular weight is 320 g/mol. The number of piperidine rings is 1. The maximum atomic E-state index is 12.4. The molecular formula is C13H24N2O5S. The Morgan fingerprint density at radius 3 is 2.43 bits per heavy atom. The minimum Gasteiger partial charge on any atom is -0.481 e. The molecule has 21 heavy (non-hydrogen) atoms. The number of ether oxygens (including phenoxy) is 1. The minimum absolute atomic E-state index is 0.129. The first-order chi connectivity index (χ1) is 9.70. The van der Waals surface area contributed by atoms with Crippen LogP contribution in [0.25, 0.3) is 0 Å². The van der Waals surface area contributed by atoms with Gasteiger partial charge in [-0.05, 0) is 39.5 Å². The lowest BCUT2D eigenvalue weighted by molar-refractivity contribution is -0.142. The first-order valence-electron chi connectivity index (χ1n) is 7.34. The molecule has 2 aliphatic rings. The predicted molar refractivity (Wildman–Crippen MR) is 77.0 cm³/mol. The Hall–Kier alpha value is -0.700. The molecule has 0 radical (unpaired) electrons. The van der Waals surface area contributed by atoms with Crippen molar-refractivity contribution in [1.29, 1.82) is 0 Å². The van der Waals surface area contributed by atoms with E-state index in [-0.39, 0.29) is 24.7 Å². The lowest BCUT2D eigenvalue weighted by atomic mass is 9.95. The van der Waals surface area contributed by atoms with Crippen molar-refractivity contribution >= 4 is 16.2 Å². The molecule has 2 N–H and O–H groups in total. The van der Waals surface area contributed by atoms with Crippen LogP contribution >= 0.6 is 0 Å². The van der Waals surface area contributed by atoms with Gasteiger partial charge < -0.3 is 9.84 Å². The van der Waals surface area contributed by atoms with Crippen LogP contribution in [0.5, 0.6) is 0 Å². The highest BCUT2D eigenvalue weighted by Crippen LogP contribution is 2.25. The molecule has 0 amide bonds. The Balaban J connectivity index is 1.92. The molecule has 0 aliphatic carbocycles. The first-order valence-corrected chi connectivity index (χ1v) is 8.78. The summed E-state index contributed by atoms with van der Waals surface area (Å²) in [5.74, 6) is -1.27. The van der Waals surface area contributed by atoms with E-state index in [0.29, 0.717) is 32.3 Å². The Bertz CT molecular complexity index is 483. The number of nitrogens with zero attached hydrogens (tertiary/aromatic N) is 1. The normalized spacial score (nSPS) is 28.4. The molecule has 122 valence electrons. The third-order valence-corrected chi connectivity index (χ3v) is 5.83. The second-order valence-electron chi connectivity index (χ2n) is 6.43. The topological polar surface area (TPSA) is 95.9 Å². The molecule has 2 saturated heterocycles. The first kappa shape index (κ1) is 16.7. The van der Waals surface area contributed by atoms with Gasteiger partial charge in [0.2, 0.25) is 0 Å². The highest BCUT2D eigenvalue weighted by Gasteiger charge is 2.35. The smallest absolute Gasteiger partial charge is 0.306 e. The molecule has 2 fully saturated rings. The zero-order chi connectivity index (χ0) is 15.7. The number of carbonyl (C=O) groups is 1. The standard InChI is InChI=1S/C13H24N2O5S/c1-13(2)9-11(5-8-20-13)14-21(18,19)15-6-3-10(4-7-15)12(16)17/h10-11,14H,3-9H2,1-2H3,(H,16,17). The monoisotopic (exact) mass is 320 g/mol. The molecule has 1 unspecified atom stereocenters. The molecule has 0 aromatic heterocycles. The summed E-state index contributed by atoms with van der Waals surface area (Å²) in [5.41, 5.74) is -0.318. The fourth-order valence-corrected chi connectivity index (χ4v) is 4.42. The fourth-order valence-electron chi connectivity index (χ4n) is 2.96. The van der Waals surface area contributed by atoms with Gasteiger partial charge in [0.15, 0.2) is 0 Å². The summed E-state index contributed by atoms with van der Waals surface area (Å²) < 4.78 is 34.4. The number of nitrogens with one attached hydrogen (secondary N) is 1. The Morgan fingerprint density at radius 1 is 1.29 bits per heavy atom. The molecule has 2 heterocycles. The summed E-state index contributed by atoms with van der Waals surface area (Å²) in [5, 5.41) is 8.95. The van der Waals surface area contributed by atoms with E-state index in [1.165, 1.54) is 4.31 Å². The van der Waals surface area contributed by atoms with E-state index in [1.54, 1.807) is 0 Å². The number of carboxylic acids is 1. The van der Waals surface area contributed by atoms with Crippen molar-refractivity contribution in [2.24, 2.45) is 5.92 Å². The van der Waals surface area contributed by atoms with E-state index in [0.717, 1.165) is 0 Å². The van der Waals surface area contributed by atoms with Gasteiger partial charge in [-0.2, -0.15) is 17.4 Å². The van der Waals surface area contributed by atoms with Gasteiger partial charge in [0.1, 0.15) is 0 Å². The largest absolute Gasteiger partial charge is 0.481 e. The van der Waals surface area contributed by atoms with Gasteiger partial charge in [0.25, 0.3) is 10.2 Å². The van der Waals surface area contributed by atoms with Crippen LogP contribution < -0.4 is 4.72 Å². The van der Waals surface area contributed by atoms with Crippen LogP contribution in [0.1, 0.15) is 39.5 Å². The van der Waals surface area contributed by atoms with Crippen molar-refractivity contribution < 1.29 is 23.1 Å². The third-order valence-electron chi connectivity index (χ3n) is 4.16. The van der Waals surface area contributed by atoms with Crippen LogP contribution in [-0.2, 0) is 19.7 Å². The Labute approximate surface area is 125 Å². The van der Waals surface area contributed by atoms with E-state index in [9.17, 15) is 13.2 Å². The van der Waals surface area contributed by atoms with Crippen molar-refractivity contribution in [2.75, 3.05) is 19.7 Å². The van der Waals surface area contributed by atoms with Crippen molar-refractivity contribution in [3.63, 3.8) is 0 Å². The fraction of sp³-hybridized carbons (Fsp3) is 0.923. The second-order valence-corrected chi connectivity index (χ2v) is 8.13. The molecule has 0 spiro atoms. The number of carboxylic acid groups (broad SMARTS) is 1. The molecule has 0 aromatic rings. The number of rotatable bonds is 4. The van der Waals surface area contributed by atoms with Crippen LogP contribution in [0.15, 0.2) is 0 Å². The molecule has 2 rings (SSSR count). The van der Waals surface area contributed by atoms with E-state index in [4.69, 9.17) is 9.84 Å². The highest BCUT2D eigenvalue weighted by atomic mass is 32.2.